The number of allylic oxidation sites excluding steroid dienone is 1. The molecule has 1 heterocycles. The highest BCUT2D eigenvalue weighted by atomic mass is 79.9. The maximum absolute atomic E-state index is 9.69. The second kappa shape index (κ2) is 7.80. The van der Waals surface area contributed by atoms with Crippen molar-refractivity contribution in [3.8, 4) is 29.1 Å². The lowest BCUT2D eigenvalue weighted by atomic mass is 9.83. The van der Waals surface area contributed by atoms with Gasteiger partial charge >= 0.3 is 0 Å². The van der Waals surface area contributed by atoms with E-state index in [1.165, 1.54) is 0 Å². The van der Waals surface area contributed by atoms with Crippen molar-refractivity contribution < 1.29 is 18.9 Å². The molecule has 3 rings (SSSR count). The number of nitrogens with two attached hydrogens (primary N) is 1. The summed E-state index contributed by atoms with van der Waals surface area (Å²) in [6, 6.07) is 11.4. The van der Waals surface area contributed by atoms with Gasteiger partial charge in [-0.3, -0.25) is 0 Å². The minimum absolute atomic E-state index is 0.0783. The number of methoxy groups -OCH3 is 2. The maximum Gasteiger partial charge on any atom is 0.205 e. The molecule has 1 aliphatic rings. The standard InChI is InChI=1S/C20H19BrN2O4/c1-4-26-12-5-6-13-16(9-12)27-20(23)14(10-22)18(13)11-7-15(21)19(25-3)17(8-11)24-2/h5-9,18H,4,23H2,1-3H3. The number of fused-ring (bicyclic) bond motifs is 1. The molecule has 0 bridgehead atoms. The van der Waals surface area contributed by atoms with Crippen LogP contribution in [0.5, 0.6) is 23.0 Å². The second-order valence-corrected chi connectivity index (χ2v) is 6.65. The van der Waals surface area contributed by atoms with E-state index in [0.29, 0.717) is 39.7 Å². The highest BCUT2D eigenvalue weighted by molar-refractivity contribution is 9.10. The fourth-order valence-electron chi connectivity index (χ4n) is 3.14. The molecule has 0 radical (unpaired) electrons. The summed E-state index contributed by atoms with van der Waals surface area (Å²) in [6.07, 6.45) is 0. The van der Waals surface area contributed by atoms with Gasteiger partial charge in [0.05, 0.1) is 31.2 Å². The Morgan fingerprint density at radius 1 is 1.22 bits per heavy atom. The van der Waals surface area contributed by atoms with Crippen LogP contribution in [0.2, 0.25) is 0 Å². The van der Waals surface area contributed by atoms with Gasteiger partial charge in [0.15, 0.2) is 11.5 Å². The fraction of sp³-hybridized carbons (Fsp3) is 0.250. The smallest absolute Gasteiger partial charge is 0.205 e. The first-order valence-electron chi connectivity index (χ1n) is 8.29. The second-order valence-electron chi connectivity index (χ2n) is 5.80. The van der Waals surface area contributed by atoms with Gasteiger partial charge in [0, 0.05) is 11.6 Å². The van der Waals surface area contributed by atoms with Crippen LogP contribution in [0.3, 0.4) is 0 Å². The Morgan fingerprint density at radius 2 is 2.00 bits per heavy atom. The lowest BCUT2D eigenvalue weighted by Gasteiger charge is -2.27. The minimum Gasteiger partial charge on any atom is -0.494 e. The Labute approximate surface area is 166 Å². The van der Waals surface area contributed by atoms with Gasteiger partial charge in [0.1, 0.15) is 23.1 Å². The Hall–Kier alpha value is -2.85. The Morgan fingerprint density at radius 3 is 2.63 bits per heavy atom. The summed E-state index contributed by atoms with van der Waals surface area (Å²) in [5.41, 5.74) is 8.04. The van der Waals surface area contributed by atoms with Crippen molar-refractivity contribution in [2.45, 2.75) is 12.8 Å². The van der Waals surface area contributed by atoms with Crippen LogP contribution in [0.15, 0.2) is 46.3 Å². The maximum atomic E-state index is 9.69. The SMILES string of the molecule is CCOc1ccc2c(c1)OC(N)=C(C#N)C2c1cc(Br)c(OC)c(OC)c1. The van der Waals surface area contributed by atoms with E-state index in [1.54, 1.807) is 20.3 Å². The number of rotatable bonds is 5. The summed E-state index contributed by atoms with van der Waals surface area (Å²) in [4.78, 5) is 0. The molecule has 0 aromatic heterocycles. The van der Waals surface area contributed by atoms with Gasteiger partial charge in [-0.15, -0.1) is 0 Å². The normalized spacial score (nSPS) is 15.4. The molecule has 1 aliphatic heterocycles. The van der Waals surface area contributed by atoms with Gasteiger partial charge in [0.2, 0.25) is 5.88 Å². The summed E-state index contributed by atoms with van der Waals surface area (Å²) in [6.45, 7) is 2.45. The number of hydrogen-bond donors (Lipinski definition) is 1. The highest BCUT2D eigenvalue weighted by Crippen LogP contribution is 2.46. The molecule has 2 aromatic carbocycles. The van der Waals surface area contributed by atoms with Crippen molar-refractivity contribution in [3.05, 3.63) is 57.4 Å². The summed E-state index contributed by atoms with van der Waals surface area (Å²) in [5.74, 6) is 2.05. The van der Waals surface area contributed by atoms with Gasteiger partial charge < -0.3 is 24.7 Å². The van der Waals surface area contributed by atoms with Gasteiger partial charge in [0.25, 0.3) is 0 Å². The lowest BCUT2D eigenvalue weighted by molar-refractivity contribution is 0.334. The molecular weight excluding hydrogens is 412 g/mol. The Bertz CT molecular complexity index is 950. The average Bonchev–Trinajstić information content (AvgIpc) is 2.66. The highest BCUT2D eigenvalue weighted by Gasteiger charge is 2.32. The van der Waals surface area contributed by atoms with Crippen LogP contribution in [0.4, 0.5) is 0 Å². The van der Waals surface area contributed by atoms with Gasteiger partial charge in [-0.2, -0.15) is 5.26 Å². The summed E-state index contributed by atoms with van der Waals surface area (Å²) >= 11 is 3.51. The van der Waals surface area contributed by atoms with E-state index in [9.17, 15) is 5.26 Å². The van der Waals surface area contributed by atoms with Crippen molar-refractivity contribution in [1.29, 1.82) is 5.26 Å². The molecule has 7 heteroatoms. The molecule has 0 spiro atoms. The predicted octanol–water partition coefficient (Wildman–Crippen LogP) is 4.08. The van der Waals surface area contributed by atoms with Crippen LogP contribution in [0.1, 0.15) is 24.0 Å². The van der Waals surface area contributed by atoms with Crippen molar-refractivity contribution in [3.63, 3.8) is 0 Å². The third-order valence-electron chi connectivity index (χ3n) is 4.29. The molecule has 0 amide bonds. The molecule has 27 heavy (non-hydrogen) atoms. The van der Waals surface area contributed by atoms with Crippen molar-refractivity contribution in [1.82, 2.24) is 0 Å². The molecule has 1 atom stereocenters. The number of halogens is 1. The number of hydrogen-bond acceptors (Lipinski definition) is 6. The van der Waals surface area contributed by atoms with Gasteiger partial charge in [-0.1, -0.05) is 6.07 Å². The fourth-order valence-corrected chi connectivity index (χ4v) is 3.76. The van der Waals surface area contributed by atoms with E-state index in [1.807, 2.05) is 31.2 Å². The largest absolute Gasteiger partial charge is 0.494 e. The van der Waals surface area contributed by atoms with E-state index >= 15 is 0 Å². The quantitative estimate of drug-likeness (QED) is 0.768. The van der Waals surface area contributed by atoms with Crippen molar-refractivity contribution >= 4 is 15.9 Å². The molecule has 0 saturated carbocycles. The zero-order chi connectivity index (χ0) is 19.6. The molecule has 140 valence electrons. The summed E-state index contributed by atoms with van der Waals surface area (Å²) < 4.78 is 22.8. The van der Waals surface area contributed by atoms with Gasteiger partial charge in [-0.25, -0.2) is 0 Å². The van der Waals surface area contributed by atoms with Crippen LogP contribution < -0.4 is 24.7 Å². The predicted molar refractivity (Wildman–Crippen MR) is 104 cm³/mol. The monoisotopic (exact) mass is 430 g/mol. The first-order chi connectivity index (χ1) is 13.0. The number of nitrogens with zero attached hydrogens (tertiary/aromatic N) is 1. The van der Waals surface area contributed by atoms with Crippen LogP contribution in [-0.2, 0) is 0 Å². The molecule has 0 aliphatic carbocycles. The number of ether oxygens (including phenoxy) is 4. The van der Waals surface area contributed by atoms with Crippen molar-refractivity contribution in [2.75, 3.05) is 20.8 Å². The third-order valence-corrected chi connectivity index (χ3v) is 4.88. The zero-order valence-corrected chi connectivity index (χ0v) is 16.8. The molecule has 0 fully saturated rings. The number of nitriles is 1. The molecular formula is C20H19BrN2O4. The topological polar surface area (TPSA) is 86.7 Å². The molecule has 2 N–H and O–H groups in total. The van der Waals surface area contributed by atoms with Crippen molar-refractivity contribution in [2.24, 2.45) is 5.73 Å². The zero-order valence-electron chi connectivity index (χ0n) is 15.2. The van der Waals surface area contributed by atoms with Gasteiger partial charge in [-0.05, 0) is 46.6 Å². The molecule has 0 saturated heterocycles. The van der Waals surface area contributed by atoms with Crippen LogP contribution in [-0.4, -0.2) is 20.8 Å². The van der Waals surface area contributed by atoms with E-state index in [4.69, 9.17) is 24.7 Å². The molecule has 6 nitrogen and oxygen atoms in total. The summed E-state index contributed by atoms with van der Waals surface area (Å²) in [5, 5.41) is 9.69. The third kappa shape index (κ3) is 3.40. The van der Waals surface area contributed by atoms with E-state index < -0.39 is 5.92 Å². The first-order valence-corrected chi connectivity index (χ1v) is 9.09. The molecule has 2 aromatic rings. The Balaban J connectivity index is 2.20. The number of benzene rings is 2. The van der Waals surface area contributed by atoms with E-state index in [0.717, 1.165) is 11.1 Å². The van der Waals surface area contributed by atoms with Crippen LogP contribution >= 0.6 is 15.9 Å². The first kappa shape index (κ1) is 18.9. The van der Waals surface area contributed by atoms with E-state index in [-0.39, 0.29) is 5.88 Å². The average molecular weight is 431 g/mol. The van der Waals surface area contributed by atoms with Crippen LogP contribution in [0.25, 0.3) is 0 Å². The minimum atomic E-state index is -0.398. The summed E-state index contributed by atoms with van der Waals surface area (Å²) in [7, 11) is 3.13. The van der Waals surface area contributed by atoms with Crippen LogP contribution in [0, 0.1) is 11.3 Å². The Kier molecular flexibility index (Phi) is 5.47. The van der Waals surface area contributed by atoms with E-state index in [2.05, 4.69) is 22.0 Å². The lowest BCUT2D eigenvalue weighted by Crippen LogP contribution is -2.21. The molecule has 1 unspecified atom stereocenters.